The predicted molar refractivity (Wildman–Crippen MR) is 86.8 cm³/mol. The van der Waals surface area contributed by atoms with Crippen LogP contribution < -0.4 is 4.74 Å². The zero-order valence-corrected chi connectivity index (χ0v) is 14.4. The Kier molecular flexibility index (Phi) is 3.80. The molecule has 1 atom stereocenters. The average Bonchev–Trinajstić information content (AvgIpc) is 3.05. The number of nitrogens with zero attached hydrogens (tertiary/aromatic N) is 2. The second kappa shape index (κ2) is 5.80. The summed E-state index contributed by atoms with van der Waals surface area (Å²) in [4.78, 5) is 16.5. The summed E-state index contributed by atoms with van der Waals surface area (Å²) < 4.78 is 57.7. The number of para-hydroxylation sites is 1. The molecule has 2 heterocycles. The van der Waals surface area contributed by atoms with Crippen LogP contribution in [0.1, 0.15) is 34.1 Å². The predicted octanol–water partition coefficient (Wildman–Crippen LogP) is 4.85. The van der Waals surface area contributed by atoms with Gasteiger partial charge in [0.25, 0.3) is 0 Å². The third-order valence-corrected chi connectivity index (χ3v) is 4.79. The number of alkyl halides is 3. The summed E-state index contributed by atoms with van der Waals surface area (Å²) in [6, 6.07) is 6.82. The van der Waals surface area contributed by atoms with Crippen molar-refractivity contribution in [3.05, 3.63) is 63.8 Å². The van der Waals surface area contributed by atoms with Gasteiger partial charge >= 0.3 is 6.36 Å². The minimum atomic E-state index is -4.85. The molecule has 0 N–H and O–H groups in total. The number of carbonyl (C=O) groups is 1. The van der Waals surface area contributed by atoms with Crippen molar-refractivity contribution in [3.63, 3.8) is 0 Å². The van der Waals surface area contributed by atoms with E-state index < -0.39 is 18.1 Å². The van der Waals surface area contributed by atoms with Crippen molar-refractivity contribution in [2.45, 2.75) is 18.7 Å². The van der Waals surface area contributed by atoms with Crippen LogP contribution in [-0.4, -0.2) is 21.5 Å². The Hall–Kier alpha value is -2.42. The van der Waals surface area contributed by atoms with Crippen molar-refractivity contribution in [1.82, 2.24) is 9.38 Å². The summed E-state index contributed by atoms with van der Waals surface area (Å²) in [6.45, 7) is 0. The fraction of sp³-hybridized carbons (Fsp3) is 0.176. The average molecular weight is 429 g/mol. The fourth-order valence-corrected chi connectivity index (χ4v) is 3.54. The molecule has 134 valence electrons. The summed E-state index contributed by atoms with van der Waals surface area (Å²) >= 11 is 3.07. The second-order valence-electron chi connectivity index (χ2n) is 5.81. The maximum atomic E-state index is 13.7. The van der Waals surface area contributed by atoms with Gasteiger partial charge in [-0.15, -0.1) is 13.2 Å². The number of imidazole rings is 1. The molecule has 1 aromatic carbocycles. The first kappa shape index (κ1) is 17.0. The first-order valence-corrected chi connectivity index (χ1v) is 8.29. The van der Waals surface area contributed by atoms with Gasteiger partial charge in [0, 0.05) is 30.2 Å². The van der Waals surface area contributed by atoms with Crippen LogP contribution in [-0.2, 0) is 0 Å². The molecule has 1 aliphatic carbocycles. The number of halogens is 5. The van der Waals surface area contributed by atoms with Crippen LogP contribution in [0.2, 0.25) is 0 Å². The summed E-state index contributed by atoms with van der Waals surface area (Å²) in [7, 11) is 0. The first-order valence-electron chi connectivity index (χ1n) is 7.49. The maximum Gasteiger partial charge on any atom is 0.573 e. The number of ketones is 1. The molecule has 3 aromatic rings. The van der Waals surface area contributed by atoms with Crippen molar-refractivity contribution in [3.8, 4) is 5.75 Å². The van der Waals surface area contributed by atoms with Crippen LogP contribution >= 0.6 is 15.9 Å². The Morgan fingerprint density at radius 3 is 2.73 bits per heavy atom. The molecule has 0 bridgehead atoms. The number of pyridine rings is 1. The lowest BCUT2D eigenvalue weighted by Gasteiger charge is -2.17. The van der Waals surface area contributed by atoms with Gasteiger partial charge in [-0.1, -0.05) is 18.2 Å². The highest BCUT2D eigenvalue weighted by Gasteiger charge is 2.39. The Morgan fingerprint density at radius 1 is 1.27 bits per heavy atom. The monoisotopic (exact) mass is 428 g/mol. The topological polar surface area (TPSA) is 43.6 Å². The van der Waals surface area contributed by atoms with Gasteiger partial charge in [-0.2, -0.15) is 0 Å². The van der Waals surface area contributed by atoms with Crippen LogP contribution in [0, 0.1) is 5.82 Å². The zero-order chi connectivity index (χ0) is 18.6. The number of benzene rings is 1. The van der Waals surface area contributed by atoms with Crippen molar-refractivity contribution < 1.29 is 27.1 Å². The SMILES string of the molecule is O=C1C[C@@H](c2ccccc2OC(F)(F)F)c2c1nc1cc(F)c(Br)cn21. The Balaban J connectivity index is 1.90. The molecule has 4 rings (SSSR count). The number of fused-ring (bicyclic) bond motifs is 3. The van der Waals surface area contributed by atoms with Crippen LogP contribution in [0.15, 0.2) is 41.0 Å². The summed E-state index contributed by atoms with van der Waals surface area (Å²) in [5.41, 5.74) is 0.986. The van der Waals surface area contributed by atoms with Crippen LogP contribution in [0.3, 0.4) is 0 Å². The van der Waals surface area contributed by atoms with E-state index in [1.54, 1.807) is 6.07 Å². The van der Waals surface area contributed by atoms with Crippen LogP contribution in [0.5, 0.6) is 5.75 Å². The molecule has 0 spiro atoms. The highest BCUT2D eigenvalue weighted by molar-refractivity contribution is 9.10. The zero-order valence-electron chi connectivity index (χ0n) is 12.8. The van der Waals surface area contributed by atoms with Crippen LogP contribution in [0.25, 0.3) is 5.65 Å². The van der Waals surface area contributed by atoms with E-state index in [1.807, 2.05) is 0 Å². The van der Waals surface area contributed by atoms with E-state index in [4.69, 9.17) is 0 Å². The minimum Gasteiger partial charge on any atom is -0.405 e. The standard InChI is InChI=1S/C17H9BrF4N2O2/c18-10-7-24-14(6-11(10)19)23-15-12(25)5-9(16(15)24)8-3-1-2-4-13(8)26-17(20,21)22/h1-4,6-7,9H,5H2/t9-/m0/s1. The summed E-state index contributed by atoms with van der Waals surface area (Å²) in [6.07, 6.45) is -3.48. The molecule has 9 heteroatoms. The van der Waals surface area contributed by atoms with E-state index in [9.17, 15) is 22.4 Å². The third-order valence-electron chi connectivity index (χ3n) is 4.21. The second-order valence-corrected chi connectivity index (χ2v) is 6.66. The van der Waals surface area contributed by atoms with E-state index in [-0.39, 0.29) is 39.3 Å². The molecule has 0 amide bonds. The number of rotatable bonds is 2. The number of aromatic nitrogens is 2. The van der Waals surface area contributed by atoms with Gasteiger partial charge in [0.1, 0.15) is 22.9 Å². The quantitative estimate of drug-likeness (QED) is 0.547. The molecular weight excluding hydrogens is 420 g/mol. The van der Waals surface area contributed by atoms with Crippen molar-refractivity contribution >= 4 is 27.4 Å². The number of hydrogen-bond donors (Lipinski definition) is 0. The van der Waals surface area contributed by atoms with Gasteiger partial charge in [-0.05, 0) is 22.0 Å². The van der Waals surface area contributed by atoms with Gasteiger partial charge in [0.05, 0.1) is 10.2 Å². The molecule has 0 radical (unpaired) electrons. The number of carbonyl (C=O) groups excluding carboxylic acids is 1. The lowest BCUT2D eigenvalue weighted by Crippen LogP contribution is -2.19. The highest BCUT2D eigenvalue weighted by atomic mass is 79.9. The molecule has 0 aliphatic heterocycles. The van der Waals surface area contributed by atoms with Crippen LogP contribution in [0.4, 0.5) is 17.6 Å². The molecular formula is C17H9BrF4N2O2. The van der Waals surface area contributed by atoms with Crippen molar-refractivity contribution in [1.29, 1.82) is 0 Å². The van der Waals surface area contributed by atoms with Gasteiger partial charge in [-0.3, -0.25) is 4.79 Å². The molecule has 0 unspecified atom stereocenters. The van der Waals surface area contributed by atoms with E-state index >= 15 is 0 Å². The normalized spacial score (nSPS) is 17.0. The lowest BCUT2D eigenvalue weighted by atomic mass is 9.95. The van der Waals surface area contributed by atoms with E-state index in [0.29, 0.717) is 5.69 Å². The first-order chi connectivity index (χ1) is 12.2. The van der Waals surface area contributed by atoms with E-state index in [2.05, 4.69) is 25.7 Å². The fourth-order valence-electron chi connectivity index (χ4n) is 3.22. The Morgan fingerprint density at radius 2 is 2.00 bits per heavy atom. The third kappa shape index (κ3) is 2.76. The van der Waals surface area contributed by atoms with Crippen molar-refractivity contribution in [2.24, 2.45) is 0 Å². The Bertz CT molecular complexity index is 1050. The highest BCUT2D eigenvalue weighted by Crippen LogP contribution is 2.43. The number of Topliss-reactive ketones (excluding diaryl/α,β-unsaturated/α-hetero) is 1. The van der Waals surface area contributed by atoms with Gasteiger partial charge in [0.2, 0.25) is 0 Å². The molecule has 0 saturated carbocycles. The van der Waals surface area contributed by atoms with Gasteiger partial charge in [0.15, 0.2) is 5.78 Å². The number of hydrogen-bond acceptors (Lipinski definition) is 3. The molecule has 0 fully saturated rings. The summed E-state index contributed by atoms with van der Waals surface area (Å²) in [5.74, 6) is -1.91. The molecule has 4 nitrogen and oxygen atoms in total. The van der Waals surface area contributed by atoms with Crippen molar-refractivity contribution in [2.75, 3.05) is 0 Å². The van der Waals surface area contributed by atoms with E-state index in [1.165, 1.54) is 28.8 Å². The largest absolute Gasteiger partial charge is 0.573 e. The molecule has 0 saturated heterocycles. The molecule has 26 heavy (non-hydrogen) atoms. The molecule has 1 aliphatic rings. The maximum absolute atomic E-state index is 13.7. The van der Waals surface area contributed by atoms with Gasteiger partial charge in [-0.25, -0.2) is 9.37 Å². The lowest BCUT2D eigenvalue weighted by molar-refractivity contribution is -0.274. The van der Waals surface area contributed by atoms with Gasteiger partial charge < -0.3 is 9.14 Å². The Labute approximate surface area is 152 Å². The number of ether oxygens (including phenoxy) is 1. The smallest absolute Gasteiger partial charge is 0.405 e. The minimum absolute atomic E-state index is 0.0339. The summed E-state index contributed by atoms with van der Waals surface area (Å²) in [5, 5.41) is 0. The molecule has 2 aromatic heterocycles. The van der Waals surface area contributed by atoms with E-state index in [0.717, 1.165) is 6.07 Å².